The van der Waals surface area contributed by atoms with E-state index >= 15 is 0 Å². The third-order valence-electron chi connectivity index (χ3n) is 4.06. The number of aryl methyl sites for hydroxylation is 1. The highest BCUT2D eigenvalue weighted by Crippen LogP contribution is 2.30. The standard InChI is InChI=1S/C18H19ClN2O5/c1-3-14(17(22)20-16-6-10(2)26-21-16)25-18(23)12-7-11-8-13(19)4-5-15(11)24-9-12/h4-6,8,12,14H,3,7,9H2,1-2H3,(H,20,21,22)/t12-,14+/m1/s1. The molecule has 1 aromatic heterocycles. The van der Waals surface area contributed by atoms with Crippen molar-refractivity contribution in [1.82, 2.24) is 5.16 Å². The van der Waals surface area contributed by atoms with Crippen LogP contribution in [0.15, 0.2) is 28.8 Å². The first kappa shape index (κ1) is 18.3. The van der Waals surface area contributed by atoms with E-state index < -0.39 is 23.9 Å². The molecule has 1 aliphatic heterocycles. The average Bonchev–Trinajstić information content (AvgIpc) is 3.03. The topological polar surface area (TPSA) is 90.7 Å². The first-order valence-electron chi connectivity index (χ1n) is 8.32. The van der Waals surface area contributed by atoms with E-state index in [1.165, 1.54) is 0 Å². The molecular weight excluding hydrogens is 360 g/mol. The van der Waals surface area contributed by atoms with E-state index in [1.807, 2.05) is 0 Å². The molecule has 2 heterocycles. The van der Waals surface area contributed by atoms with E-state index in [9.17, 15) is 9.59 Å². The summed E-state index contributed by atoms with van der Waals surface area (Å²) in [6.07, 6.45) is -0.125. The number of esters is 1. The van der Waals surface area contributed by atoms with E-state index in [2.05, 4.69) is 10.5 Å². The van der Waals surface area contributed by atoms with Crippen molar-refractivity contribution in [3.05, 3.63) is 40.6 Å². The number of anilines is 1. The Labute approximate surface area is 155 Å². The Balaban J connectivity index is 1.61. The Morgan fingerprint density at radius 1 is 1.42 bits per heavy atom. The summed E-state index contributed by atoms with van der Waals surface area (Å²) in [4.78, 5) is 24.8. The second-order valence-electron chi connectivity index (χ2n) is 6.11. The SMILES string of the molecule is CC[C@H](OC(=O)[C@H]1COc2ccc(Cl)cc2C1)C(=O)Nc1cc(C)on1. The fourth-order valence-electron chi connectivity index (χ4n) is 2.71. The van der Waals surface area contributed by atoms with Crippen LogP contribution in [-0.2, 0) is 20.7 Å². The molecule has 7 nitrogen and oxygen atoms in total. The van der Waals surface area contributed by atoms with Gasteiger partial charge in [-0.05, 0) is 43.5 Å². The van der Waals surface area contributed by atoms with Crippen LogP contribution in [0.2, 0.25) is 5.02 Å². The van der Waals surface area contributed by atoms with Gasteiger partial charge in [-0.15, -0.1) is 0 Å². The smallest absolute Gasteiger partial charge is 0.313 e. The molecule has 1 amide bonds. The number of halogens is 1. The molecule has 26 heavy (non-hydrogen) atoms. The Morgan fingerprint density at radius 3 is 2.92 bits per heavy atom. The minimum Gasteiger partial charge on any atom is -0.492 e. The summed E-state index contributed by atoms with van der Waals surface area (Å²) in [5.74, 6) is 0.152. The van der Waals surface area contributed by atoms with Crippen molar-refractivity contribution in [3.63, 3.8) is 0 Å². The molecule has 1 aromatic carbocycles. The van der Waals surface area contributed by atoms with E-state index in [4.69, 9.17) is 25.6 Å². The number of ether oxygens (including phenoxy) is 2. The maximum Gasteiger partial charge on any atom is 0.313 e. The third-order valence-corrected chi connectivity index (χ3v) is 4.30. The van der Waals surface area contributed by atoms with Crippen molar-refractivity contribution in [2.45, 2.75) is 32.8 Å². The minimum absolute atomic E-state index is 0.202. The second kappa shape index (κ2) is 7.78. The Morgan fingerprint density at radius 2 is 2.23 bits per heavy atom. The third kappa shape index (κ3) is 4.16. The summed E-state index contributed by atoms with van der Waals surface area (Å²) in [5.41, 5.74) is 0.848. The number of hydrogen-bond donors (Lipinski definition) is 1. The predicted octanol–water partition coefficient (Wildman–Crippen LogP) is 3.15. The molecule has 0 saturated heterocycles. The summed E-state index contributed by atoms with van der Waals surface area (Å²) >= 11 is 5.99. The van der Waals surface area contributed by atoms with E-state index in [0.717, 1.165) is 5.56 Å². The zero-order valence-corrected chi connectivity index (χ0v) is 15.2. The van der Waals surface area contributed by atoms with Crippen LogP contribution in [0.5, 0.6) is 5.75 Å². The van der Waals surface area contributed by atoms with Gasteiger partial charge in [0.05, 0.1) is 5.92 Å². The lowest BCUT2D eigenvalue weighted by Crippen LogP contribution is -2.37. The summed E-state index contributed by atoms with van der Waals surface area (Å²) < 4.78 is 15.9. The van der Waals surface area contributed by atoms with Gasteiger partial charge in [-0.25, -0.2) is 0 Å². The molecule has 0 aliphatic carbocycles. The van der Waals surface area contributed by atoms with Crippen LogP contribution in [0.25, 0.3) is 0 Å². The number of hydrogen-bond acceptors (Lipinski definition) is 6. The summed E-state index contributed by atoms with van der Waals surface area (Å²) in [6.45, 7) is 3.68. The van der Waals surface area contributed by atoms with Gasteiger partial charge in [-0.2, -0.15) is 0 Å². The van der Waals surface area contributed by atoms with Crippen LogP contribution in [0.3, 0.4) is 0 Å². The van der Waals surface area contributed by atoms with Gasteiger partial charge in [-0.1, -0.05) is 23.7 Å². The van der Waals surface area contributed by atoms with Crippen molar-refractivity contribution in [2.24, 2.45) is 5.92 Å². The molecule has 2 atom stereocenters. The quantitative estimate of drug-likeness (QED) is 0.804. The number of nitrogens with zero attached hydrogens (tertiary/aromatic N) is 1. The van der Waals surface area contributed by atoms with Crippen LogP contribution in [0.1, 0.15) is 24.7 Å². The van der Waals surface area contributed by atoms with Gasteiger partial charge in [0.2, 0.25) is 0 Å². The van der Waals surface area contributed by atoms with Crippen LogP contribution in [0.4, 0.5) is 5.82 Å². The molecule has 1 aliphatic rings. The normalized spacial score (nSPS) is 17.0. The van der Waals surface area contributed by atoms with Crippen LogP contribution >= 0.6 is 11.6 Å². The highest BCUT2D eigenvalue weighted by atomic mass is 35.5. The number of nitrogens with one attached hydrogen (secondary N) is 1. The number of carbonyl (C=O) groups excluding carboxylic acids is 2. The number of aromatic nitrogens is 1. The molecule has 0 unspecified atom stereocenters. The number of rotatable bonds is 5. The molecular formula is C18H19ClN2O5. The molecule has 138 valence electrons. The first-order valence-corrected chi connectivity index (χ1v) is 8.70. The fourth-order valence-corrected chi connectivity index (χ4v) is 2.90. The first-order chi connectivity index (χ1) is 12.5. The molecule has 0 radical (unpaired) electrons. The van der Waals surface area contributed by atoms with Gasteiger partial charge < -0.3 is 19.3 Å². The zero-order chi connectivity index (χ0) is 18.7. The van der Waals surface area contributed by atoms with Gasteiger partial charge in [0.25, 0.3) is 5.91 Å². The van der Waals surface area contributed by atoms with Gasteiger partial charge in [-0.3, -0.25) is 9.59 Å². The number of carbonyl (C=O) groups is 2. The fraction of sp³-hybridized carbons (Fsp3) is 0.389. The maximum atomic E-state index is 12.5. The molecule has 2 aromatic rings. The maximum absolute atomic E-state index is 12.5. The predicted molar refractivity (Wildman–Crippen MR) is 94.2 cm³/mol. The second-order valence-corrected chi connectivity index (χ2v) is 6.55. The van der Waals surface area contributed by atoms with Crippen LogP contribution in [-0.4, -0.2) is 29.7 Å². The van der Waals surface area contributed by atoms with Gasteiger partial charge in [0.15, 0.2) is 11.9 Å². The Bertz CT molecular complexity index is 820. The molecule has 0 fully saturated rings. The molecule has 8 heteroatoms. The van der Waals surface area contributed by atoms with Crippen molar-refractivity contribution in [2.75, 3.05) is 11.9 Å². The van der Waals surface area contributed by atoms with Crippen LogP contribution < -0.4 is 10.1 Å². The summed E-state index contributed by atoms with van der Waals surface area (Å²) in [5, 5.41) is 6.85. The monoisotopic (exact) mass is 378 g/mol. The summed E-state index contributed by atoms with van der Waals surface area (Å²) in [6, 6.07) is 6.87. The summed E-state index contributed by atoms with van der Waals surface area (Å²) in [7, 11) is 0. The minimum atomic E-state index is -0.916. The lowest BCUT2D eigenvalue weighted by Gasteiger charge is -2.25. The van der Waals surface area contributed by atoms with Crippen molar-refractivity contribution < 1.29 is 23.6 Å². The van der Waals surface area contributed by atoms with Crippen molar-refractivity contribution in [1.29, 1.82) is 0 Å². The molecule has 3 rings (SSSR count). The molecule has 1 N–H and O–H groups in total. The highest BCUT2D eigenvalue weighted by molar-refractivity contribution is 6.30. The highest BCUT2D eigenvalue weighted by Gasteiger charge is 2.31. The van der Waals surface area contributed by atoms with Gasteiger partial charge >= 0.3 is 5.97 Å². The van der Waals surface area contributed by atoms with E-state index in [-0.39, 0.29) is 12.4 Å². The lowest BCUT2D eigenvalue weighted by molar-refractivity contribution is -0.159. The van der Waals surface area contributed by atoms with E-state index in [1.54, 1.807) is 38.1 Å². The zero-order valence-electron chi connectivity index (χ0n) is 14.5. The number of amides is 1. The lowest BCUT2D eigenvalue weighted by atomic mass is 9.97. The van der Waals surface area contributed by atoms with Gasteiger partial charge in [0.1, 0.15) is 18.1 Å². The Hall–Kier alpha value is -2.54. The van der Waals surface area contributed by atoms with Crippen LogP contribution in [0, 0.1) is 12.8 Å². The largest absolute Gasteiger partial charge is 0.492 e. The van der Waals surface area contributed by atoms with Crippen molar-refractivity contribution >= 4 is 29.3 Å². The molecule has 0 spiro atoms. The van der Waals surface area contributed by atoms with Gasteiger partial charge in [0, 0.05) is 11.1 Å². The van der Waals surface area contributed by atoms with E-state index in [0.29, 0.717) is 29.4 Å². The average molecular weight is 379 g/mol. The number of fused-ring (bicyclic) bond motifs is 1. The molecule has 0 saturated carbocycles. The number of benzene rings is 1. The Kier molecular flexibility index (Phi) is 5.46. The molecule has 0 bridgehead atoms. The van der Waals surface area contributed by atoms with Crippen molar-refractivity contribution in [3.8, 4) is 5.75 Å².